The summed E-state index contributed by atoms with van der Waals surface area (Å²) in [6, 6.07) is 6.71. The van der Waals surface area contributed by atoms with Gasteiger partial charge in [-0.1, -0.05) is 6.07 Å². The molecule has 3 rings (SSSR count). The summed E-state index contributed by atoms with van der Waals surface area (Å²) in [6.07, 6.45) is 1.82. The van der Waals surface area contributed by atoms with Crippen molar-refractivity contribution >= 4 is 17.5 Å². The third-order valence-corrected chi connectivity index (χ3v) is 4.57. The van der Waals surface area contributed by atoms with Crippen molar-refractivity contribution < 1.29 is 14.7 Å². The molecule has 0 radical (unpaired) electrons. The minimum Gasteiger partial charge on any atom is -0.508 e. The van der Waals surface area contributed by atoms with Crippen LogP contribution in [0.4, 0.5) is 5.69 Å². The Morgan fingerprint density at radius 2 is 2.19 bits per heavy atom. The average Bonchev–Trinajstić information content (AvgIpc) is 3.20. The number of phenols is 1. The van der Waals surface area contributed by atoms with Gasteiger partial charge in [-0.15, -0.1) is 10.2 Å². The second-order valence-corrected chi connectivity index (χ2v) is 6.87. The molecule has 8 nitrogen and oxygen atoms in total. The highest BCUT2D eigenvalue weighted by molar-refractivity contribution is 6.00. The van der Waals surface area contributed by atoms with Crippen LogP contribution in [-0.4, -0.2) is 50.2 Å². The molecule has 0 saturated carbocycles. The third-order valence-electron chi connectivity index (χ3n) is 4.57. The summed E-state index contributed by atoms with van der Waals surface area (Å²) in [4.78, 5) is 28.3. The van der Waals surface area contributed by atoms with Gasteiger partial charge < -0.3 is 19.5 Å². The lowest BCUT2D eigenvalue weighted by Crippen LogP contribution is -2.35. The predicted molar refractivity (Wildman–Crippen MR) is 95.4 cm³/mol. The van der Waals surface area contributed by atoms with Gasteiger partial charge in [0.25, 0.3) is 0 Å². The van der Waals surface area contributed by atoms with Crippen molar-refractivity contribution in [3.8, 4) is 5.75 Å². The molecule has 2 heterocycles. The smallest absolute Gasteiger partial charge is 0.228 e. The molecule has 0 bridgehead atoms. The SMILES string of the molecule is CC(C)n1cnnc1CN(C)C(=O)[C@@H]1CC(=O)N(c2cccc(O)c2)C1. The minimum atomic E-state index is -0.412. The van der Waals surface area contributed by atoms with Crippen LogP contribution < -0.4 is 4.90 Å². The summed E-state index contributed by atoms with van der Waals surface area (Å²) >= 11 is 0. The van der Waals surface area contributed by atoms with E-state index in [1.165, 1.54) is 6.07 Å². The van der Waals surface area contributed by atoms with Crippen molar-refractivity contribution in [1.82, 2.24) is 19.7 Å². The van der Waals surface area contributed by atoms with Gasteiger partial charge in [-0.05, 0) is 26.0 Å². The van der Waals surface area contributed by atoms with Crippen molar-refractivity contribution in [2.24, 2.45) is 5.92 Å². The largest absolute Gasteiger partial charge is 0.508 e. The average molecular weight is 357 g/mol. The molecular formula is C18H23N5O3. The number of aromatic hydroxyl groups is 1. The lowest BCUT2D eigenvalue weighted by molar-refractivity contribution is -0.135. The summed E-state index contributed by atoms with van der Waals surface area (Å²) in [5, 5.41) is 17.6. The monoisotopic (exact) mass is 357 g/mol. The molecule has 1 aromatic carbocycles. The molecule has 1 N–H and O–H groups in total. The second-order valence-electron chi connectivity index (χ2n) is 6.87. The third kappa shape index (κ3) is 3.54. The van der Waals surface area contributed by atoms with Gasteiger partial charge in [-0.3, -0.25) is 9.59 Å². The number of carbonyl (C=O) groups excluding carboxylic acids is 2. The Morgan fingerprint density at radius 3 is 2.88 bits per heavy atom. The van der Waals surface area contributed by atoms with Crippen LogP contribution in [-0.2, 0) is 16.1 Å². The van der Waals surface area contributed by atoms with Gasteiger partial charge in [0.15, 0.2) is 5.82 Å². The van der Waals surface area contributed by atoms with E-state index < -0.39 is 5.92 Å². The molecule has 0 aliphatic carbocycles. The second kappa shape index (κ2) is 7.15. The van der Waals surface area contributed by atoms with Crippen LogP contribution in [0.15, 0.2) is 30.6 Å². The van der Waals surface area contributed by atoms with E-state index in [9.17, 15) is 14.7 Å². The number of carbonyl (C=O) groups is 2. The van der Waals surface area contributed by atoms with E-state index in [1.54, 1.807) is 41.4 Å². The lowest BCUT2D eigenvalue weighted by atomic mass is 10.1. The number of nitrogens with zero attached hydrogens (tertiary/aromatic N) is 5. The first-order valence-corrected chi connectivity index (χ1v) is 8.59. The molecule has 1 aliphatic rings. The fraction of sp³-hybridized carbons (Fsp3) is 0.444. The number of hydrogen-bond acceptors (Lipinski definition) is 5. The normalized spacial score (nSPS) is 17.2. The van der Waals surface area contributed by atoms with E-state index in [1.807, 2.05) is 18.4 Å². The van der Waals surface area contributed by atoms with Crippen LogP contribution in [0.5, 0.6) is 5.75 Å². The maximum atomic E-state index is 12.8. The molecule has 1 fully saturated rings. The van der Waals surface area contributed by atoms with Crippen molar-refractivity contribution in [3.63, 3.8) is 0 Å². The van der Waals surface area contributed by atoms with Crippen molar-refractivity contribution in [2.45, 2.75) is 32.9 Å². The van der Waals surface area contributed by atoms with Crippen LogP contribution in [0.1, 0.15) is 32.1 Å². The quantitative estimate of drug-likeness (QED) is 0.877. The number of anilines is 1. The van der Waals surface area contributed by atoms with E-state index in [0.717, 1.165) is 0 Å². The van der Waals surface area contributed by atoms with Gasteiger partial charge in [-0.2, -0.15) is 0 Å². The van der Waals surface area contributed by atoms with Crippen LogP contribution in [0.3, 0.4) is 0 Å². The van der Waals surface area contributed by atoms with Crippen molar-refractivity contribution in [1.29, 1.82) is 0 Å². The van der Waals surface area contributed by atoms with Crippen LogP contribution in [0.25, 0.3) is 0 Å². The standard InChI is InChI=1S/C18H23N5O3/c1-12(2)23-11-19-20-16(23)10-21(3)18(26)13-7-17(25)22(9-13)14-5-4-6-15(24)8-14/h4-6,8,11-13,24H,7,9-10H2,1-3H3/t13-/m1/s1. The highest BCUT2D eigenvalue weighted by Crippen LogP contribution is 2.28. The molecule has 0 unspecified atom stereocenters. The van der Waals surface area contributed by atoms with Gasteiger partial charge in [0.05, 0.1) is 12.5 Å². The summed E-state index contributed by atoms with van der Waals surface area (Å²) in [5.41, 5.74) is 0.604. The number of phenolic OH excluding ortho intramolecular Hbond substituents is 1. The maximum Gasteiger partial charge on any atom is 0.228 e. The molecule has 1 saturated heterocycles. The lowest BCUT2D eigenvalue weighted by Gasteiger charge is -2.22. The van der Waals surface area contributed by atoms with E-state index >= 15 is 0 Å². The van der Waals surface area contributed by atoms with Gasteiger partial charge in [0.1, 0.15) is 12.1 Å². The molecular weight excluding hydrogens is 334 g/mol. The van der Waals surface area contributed by atoms with E-state index in [2.05, 4.69) is 10.2 Å². The highest BCUT2D eigenvalue weighted by Gasteiger charge is 2.36. The zero-order chi connectivity index (χ0) is 18.8. The molecule has 0 spiro atoms. The fourth-order valence-electron chi connectivity index (χ4n) is 3.20. The number of hydrogen-bond donors (Lipinski definition) is 1. The van der Waals surface area contributed by atoms with E-state index in [0.29, 0.717) is 24.6 Å². The van der Waals surface area contributed by atoms with Crippen molar-refractivity contribution in [2.75, 3.05) is 18.5 Å². The molecule has 1 atom stereocenters. The Balaban J connectivity index is 1.68. The van der Waals surface area contributed by atoms with Crippen LogP contribution in [0.2, 0.25) is 0 Å². The van der Waals surface area contributed by atoms with Gasteiger partial charge in [0, 0.05) is 37.8 Å². The fourth-order valence-corrected chi connectivity index (χ4v) is 3.20. The van der Waals surface area contributed by atoms with E-state index in [4.69, 9.17) is 0 Å². The first kappa shape index (κ1) is 17.9. The number of rotatable bonds is 5. The Bertz CT molecular complexity index is 817. The molecule has 2 amide bonds. The first-order chi connectivity index (χ1) is 12.4. The topological polar surface area (TPSA) is 91.6 Å². The molecule has 26 heavy (non-hydrogen) atoms. The Morgan fingerprint density at radius 1 is 1.42 bits per heavy atom. The molecule has 8 heteroatoms. The zero-order valence-electron chi connectivity index (χ0n) is 15.2. The Kier molecular flexibility index (Phi) is 4.92. The Labute approximate surface area is 152 Å². The van der Waals surface area contributed by atoms with Gasteiger partial charge in [-0.25, -0.2) is 0 Å². The minimum absolute atomic E-state index is 0.0928. The molecule has 2 aromatic rings. The summed E-state index contributed by atoms with van der Waals surface area (Å²) in [7, 11) is 1.71. The molecule has 1 aliphatic heterocycles. The van der Waals surface area contributed by atoms with Crippen LogP contribution >= 0.6 is 0 Å². The summed E-state index contributed by atoms with van der Waals surface area (Å²) in [5.74, 6) is 0.178. The molecule has 1 aromatic heterocycles. The summed E-state index contributed by atoms with van der Waals surface area (Å²) < 4.78 is 1.92. The van der Waals surface area contributed by atoms with Gasteiger partial charge in [0.2, 0.25) is 11.8 Å². The Hall–Kier alpha value is -2.90. The zero-order valence-corrected chi connectivity index (χ0v) is 15.2. The highest BCUT2D eigenvalue weighted by atomic mass is 16.3. The number of aromatic nitrogens is 3. The molecule has 138 valence electrons. The van der Waals surface area contributed by atoms with Crippen molar-refractivity contribution in [3.05, 3.63) is 36.4 Å². The summed E-state index contributed by atoms with van der Waals surface area (Å²) in [6.45, 7) is 4.70. The first-order valence-electron chi connectivity index (χ1n) is 8.59. The van der Waals surface area contributed by atoms with E-state index in [-0.39, 0.29) is 30.0 Å². The number of amides is 2. The maximum absolute atomic E-state index is 12.8. The number of benzene rings is 1. The predicted octanol–water partition coefficient (Wildman–Crippen LogP) is 1.58. The van der Waals surface area contributed by atoms with Crippen LogP contribution in [0, 0.1) is 5.92 Å². The van der Waals surface area contributed by atoms with Gasteiger partial charge >= 0.3 is 0 Å².